The van der Waals surface area contributed by atoms with Gasteiger partial charge in [0.15, 0.2) is 11.5 Å². The van der Waals surface area contributed by atoms with Crippen LogP contribution in [0.5, 0.6) is 0 Å². The summed E-state index contributed by atoms with van der Waals surface area (Å²) in [6.45, 7) is 3.64. The smallest absolute Gasteiger partial charge is 0.182 e. The van der Waals surface area contributed by atoms with Gasteiger partial charge in [0.1, 0.15) is 11.8 Å². The first kappa shape index (κ1) is 10.8. The van der Waals surface area contributed by atoms with Crippen LogP contribution in [0.1, 0.15) is 6.92 Å². The normalized spacial score (nSPS) is 12.9. The van der Waals surface area contributed by atoms with E-state index in [1.54, 1.807) is 13.4 Å². The van der Waals surface area contributed by atoms with Crippen molar-refractivity contribution in [1.29, 1.82) is 0 Å². The van der Waals surface area contributed by atoms with Crippen LogP contribution in [0.2, 0.25) is 0 Å². The molecule has 1 atom stereocenters. The van der Waals surface area contributed by atoms with Crippen LogP contribution in [-0.2, 0) is 4.74 Å². The molecule has 6 nitrogen and oxygen atoms in total. The molecule has 16 heavy (non-hydrogen) atoms. The van der Waals surface area contributed by atoms with Gasteiger partial charge >= 0.3 is 0 Å². The molecule has 6 heteroatoms. The van der Waals surface area contributed by atoms with Crippen molar-refractivity contribution < 1.29 is 4.74 Å². The maximum Gasteiger partial charge on any atom is 0.182 e. The van der Waals surface area contributed by atoms with Gasteiger partial charge in [-0.25, -0.2) is 15.0 Å². The molecule has 2 N–H and O–H groups in total. The first-order chi connectivity index (χ1) is 7.81. The third-order valence-corrected chi connectivity index (χ3v) is 2.29. The highest BCUT2D eigenvalue weighted by atomic mass is 16.5. The molecule has 0 aromatic carbocycles. The van der Waals surface area contributed by atoms with Crippen molar-refractivity contribution in [3.8, 4) is 0 Å². The van der Waals surface area contributed by atoms with E-state index in [1.807, 2.05) is 0 Å². The van der Waals surface area contributed by atoms with Gasteiger partial charge in [0.2, 0.25) is 0 Å². The Labute approximate surface area is 93.5 Å². The highest BCUT2D eigenvalue weighted by Crippen LogP contribution is 2.14. The second-order valence-corrected chi connectivity index (χ2v) is 3.76. The molecule has 0 saturated heterocycles. The fourth-order valence-corrected chi connectivity index (χ4v) is 1.51. The lowest BCUT2D eigenvalue weighted by molar-refractivity contribution is 0.164. The lowest BCUT2D eigenvalue weighted by Crippen LogP contribution is -2.16. The summed E-state index contributed by atoms with van der Waals surface area (Å²) in [6.07, 6.45) is 3.12. The Morgan fingerprint density at radius 3 is 3.12 bits per heavy atom. The van der Waals surface area contributed by atoms with Gasteiger partial charge in [0.25, 0.3) is 0 Å². The second-order valence-electron chi connectivity index (χ2n) is 3.76. The zero-order valence-electron chi connectivity index (χ0n) is 9.40. The lowest BCUT2D eigenvalue weighted by atomic mass is 10.2. The summed E-state index contributed by atoms with van der Waals surface area (Å²) in [6, 6.07) is 0. The van der Waals surface area contributed by atoms with Crippen molar-refractivity contribution in [3.05, 3.63) is 12.7 Å². The van der Waals surface area contributed by atoms with E-state index >= 15 is 0 Å². The number of nitrogens with zero attached hydrogens (tertiary/aromatic N) is 3. The third-order valence-electron chi connectivity index (χ3n) is 2.29. The molecule has 0 spiro atoms. The van der Waals surface area contributed by atoms with Crippen LogP contribution in [0, 0.1) is 5.92 Å². The van der Waals surface area contributed by atoms with Gasteiger partial charge in [-0.05, 0) is 5.92 Å². The van der Waals surface area contributed by atoms with E-state index in [0.29, 0.717) is 11.6 Å². The number of aromatic amines is 1. The van der Waals surface area contributed by atoms with Gasteiger partial charge < -0.3 is 15.0 Å². The van der Waals surface area contributed by atoms with Crippen molar-refractivity contribution in [2.24, 2.45) is 5.92 Å². The Bertz CT molecular complexity index is 455. The average Bonchev–Trinajstić information content (AvgIpc) is 2.75. The molecule has 2 aromatic heterocycles. The van der Waals surface area contributed by atoms with Crippen molar-refractivity contribution in [1.82, 2.24) is 19.9 Å². The topological polar surface area (TPSA) is 75.7 Å². The summed E-state index contributed by atoms with van der Waals surface area (Å²) >= 11 is 0. The summed E-state index contributed by atoms with van der Waals surface area (Å²) in [4.78, 5) is 15.3. The van der Waals surface area contributed by atoms with Crippen molar-refractivity contribution >= 4 is 17.0 Å². The summed E-state index contributed by atoms with van der Waals surface area (Å²) in [5.74, 6) is 1.21. The summed E-state index contributed by atoms with van der Waals surface area (Å²) in [5.41, 5.74) is 1.52. The Morgan fingerprint density at radius 1 is 1.44 bits per heavy atom. The molecule has 0 aliphatic heterocycles. The summed E-state index contributed by atoms with van der Waals surface area (Å²) < 4.78 is 5.07. The number of aromatic nitrogens is 4. The van der Waals surface area contributed by atoms with Crippen molar-refractivity contribution in [3.63, 3.8) is 0 Å². The predicted molar refractivity (Wildman–Crippen MR) is 61.2 cm³/mol. The summed E-state index contributed by atoms with van der Waals surface area (Å²) in [7, 11) is 1.70. The van der Waals surface area contributed by atoms with Crippen LogP contribution in [0.15, 0.2) is 12.7 Å². The molecular weight excluding hydrogens is 206 g/mol. The number of ether oxygens (including phenoxy) is 1. The van der Waals surface area contributed by atoms with Gasteiger partial charge in [0, 0.05) is 13.7 Å². The Hall–Kier alpha value is -1.69. The van der Waals surface area contributed by atoms with Crippen molar-refractivity contribution in [2.75, 3.05) is 25.6 Å². The lowest BCUT2D eigenvalue weighted by Gasteiger charge is -2.11. The van der Waals surface area contributed by atoms with Gasteiger partial charge in [-0.3, -0.25) is 0 Å². The first-order valence-corrected chi connectivity index (χ1v) is 5.18. The van der Waals surface area contributed by atoms with Crippen LogP contribution in [0.3, 0.4) is 0 Å². The molecule has 0 radical (unpaired) electrons. The molecule has 2 rings (SSSR count). The van der Waals surface area contributed by atoms with Gasteiger partial charge in [-0.1, -0.05) is 6.92 Å². The predicted octanol–water partition coefficient (Wildman–Crippen LogP) is 1.05. The number of anilines is 1. The van der Waals surface area contributed by atoms with Crippen LogP contribution < -0.4 is 5.32 Å². The SMILES string of the molecule is COCC(C)CNc1ncnc2nc[nH]c12. The quantitative estimate of drug-likeness (QED) is 0.789. The summed E-state index contributed by atoms with van der Waals surface area (Å²) in [5, 5.41) is 3.26. The highest BCUT2D eigenvalue weighted by Gasteiger charge is 2.06. The number of hydrogen-bond acceptors (Lipinski definition) is 5. The number of imidazole rings is 1. The number of hydrogen-bond donors (Lipinski definition) is 2. The molecule has 0 aliphatic rings. The minimum Gasteiger partial charge on any atom is -0.384 e. The fraction of sp³-hybridized carbons (Fsp3) is 0.500. The molecule has 2 heterocycles. The molecule has 0 aliphatic carbocycles. The van der Waals surface area contributed by atoms with Crippen LogP contribution in [0.4, 0.5) is 5.82 Å². The maximum absolute atomic E-state index is 5.07. The zero-order chi connectivity index (χ0) is 11.4. The number of nitrogens with one attached hydrogen (secondary N) is 2. The van der Waals surface area contributed by atoms with E-state index in [1.165, 1.54) is 6.33 Å². The molecule has 0 fully saturated rings. The monoisotopic (exact) mass is 221 g/mol. The van der Waals surface area contributed by atoms with Gasteiger partial charge in [-0.15, -0.1) is 0 Å². The van der Waals surface area contributed by atoms with E-state index in [2.05, 4.69) is 32.2 Å². The average molecular weight is 221 g/mol. The Kier molecular flexibility index (Phi) is 3.31. The molecule has 1 unspecified atom stereocenters. The standard InChI is InChI=1S/C10H15N5O/c1-7(4-16-2)3-11-9-8-10(13-5-12-8)15-6-14-9/h5-7H,3-4H2,1-2H3,(H2,11,12,13,14,15). The molecule has 0 bridgehead atoms. The minimum absolute atomic E-state index is 0.429. The van der Waals surface area contributed by atoms with E-state index in [4.69, 9.17) is 4.74 Å². The van der Waals surface area contributed by atoms with Gasteiger partial charge in [-0.2, -0.15) is 0 Å². The molecule has 0 saturated carbocycles. The van der Waals surface area contributed by atoms with E-state index in [-0.39, 0.29) is 0 Å². The number of rotatable bonds is 5. The van der Waals surface area contributed by atoms with E-state index in [9.17, 15) is 0 Å². The molecule has 86 valence electrons. The Morgan fingerprint density at radius 2 is 2.31 bits per heavy atom. The Balaban J connectivity index is 2.06. The largest absolute Gasteiger partial charge is 0.384 e. The number of methoxy groups -OCH3 is 1. The molecular formula is C10H15N5O. The molecule has 2 aromatic rings. The van der Waals surface area contributed by atoms with Gasteiger partial charge in [0.05, 0.1) is 12.9 Å². The van der Waals surface area contributed by atoms with Crippen LogP contribution >= 0.6 is 0 Å². The third kappa shape index (κ3) is 2.27. The van der Waals surface area contributed by atoms with Crippen molar-refractivity contribution in [2.45, 2.75) is 6.92 Å². The number of H-pyrrole nitrogens is 1. The second kappa shape index (κ2) is 4.89. The fourth-order valence-electron chi connectivity index (χ4n) is 1.51. The van der Waals surface area contributed by atoms with E-state index < -0.39 is 0 Å². The highest BCUT2D eigenvalue weighted by molar-refractivity contribution is 5.81. The number of fused-ring (bicyclic) bond motifs is 1. The van der Waals surface area contributed by atoms with E-state index in [0.717, 1.165) is 24.5 Å². The first-order valence-electron chi connectivity index (χ1n) is 5.18. The minimum atomic E-state index is 0.429. The van der Waals surface area contributed by atoms with Crippen LogP contribution in [-0.4, -0.2) is 40.2 Å². The van der Waals surface area contributed by atoms with Crippen LogP contribution in [0.25, 0.3) is 11.2 Å². The zero-order valence-corrected chi connectivity index (χ0v) is 9.40. The molecule has 0 amide bonds. The maximum atomic E-state index is 5.07.